The van der Waals surface area contributed by atoms with Gasteiger partial charge >= 0.3 is 6.09 Å². The van der Waals surface area contributed by atoms with Crippen LogP contribution in [0.1, 0.15) is 64.3 Å². The zero-order valence-corrected chi connectivity index (χ0v) is 22.0. The molecule has 0 saturated heterocycles. The summed E-state index contributed by atoms with van der Waals surface area (Å²) in [5.41, 5.74) is 0.142. The van der Waals surface area contributed by atoms with Crippen LogP contribution in [-0.2, 0) is 14.8 Å². The molecule has 1 fully saturated rings. The van der Waals surface area contributed by atoms with Crippen molar-refractivity contribution < 1.29 is 17.9 Å². The van der Waals surface area contributed by atoms with Crippen LogP contribution in [0.5, 0.6) is 0 Å². The molecule has 1 heterocycles. The number of thiazole rings is 1. The van der Waals surface area contributed by atoms with Crippen molar-refractivity contribution >= 4 is 43.4 Å². The third kappa shape index (κ3) is 6.52. The van der Waals surface area contributed by atoms with Crippen LogP contribution >= 0.6 is 27.3 Å². The lowest BCUT2D eigenvalue weighted by Crippen LogP contribution is -2.40. The number of aromatic nitrogens is 1. The maximum atomic E-state index is 12.7. The summed E-state index contributed by atoms with van der Waals surface area (Å²) in [5.74, 6) is 0.301. The monoisotopic (exact) mass is 543 g/mol. The number of benzene rings is 1. The van der Waals surface area contributed by atoms with Crippen molar-refractivity contribution in [2.24, 2.45) is 0 Å². The van der Waals surface area contributed by atoms with Gasteiger partial charge in [-0.15, -0.1) is 11.3 Å². The minimum Gasteiger partial charge on any atom is -0.444 e. The van der Waals surface area contributed by atoms with Crippen LogP contribution in [0, 0.1) is 0 Å². The molecule has 0 radical (unpaired) electrons. The zero-order chi connectivity index (χ0) is 23.5. The fourth-order valence-corrected chi connectivity index (χ4v) is 6.74. The Morgan fingerprint density at radius 3 is 2.56 bits per heavy atom. The number of rotatable bonds is 6. The number of ether oxygens (including phenoxy) is 1. The van der Waals surface area contributed by atoms with Crippen LogP contribution in [0.15, 0.2) is 33.8 Å². The maximum absolute atomic E-state index is 12.7. The van der Waals surface area contributed by atoms with Crippen molar-refractivity contribution in [3.8, 4) is 10.4 Å². The molecule has 2 N–H and O–H groups in total. The van der Waals surface area contributed by atoms with E-state index in [1.165, 1.54) is 11.3 Å². The number of carbonyl (C=O) groups excluding carboxylic acids is 1. The lowest BCUT2D eigenvalue weighted by molar-refractivity contribution is 0.0491. The van der Waals surface area contributed by atoms with E-state index in [-0.39, 0.29) is 17.0 Å². The topological polar surface area (TPSA) is 97.4 Å². The third-order valence-electron chi connectivity index (χ3n) is 5.15. The largest absolute Gasteiger partial charge is 0.444 e. The smallest absolute Gasteiger partial charge is 0.407 e. The van der Waals surface area contributed by atoms with Crippen LogP contribution < -0.4 is 10.0 Å². The van der Waals surface area contributed by atoms with Gasteiger partial charge in [0.25, 0.3) is 0 Å². The highest BCUT2D eigenvalue weighted by Gasteiger charge is 2.28. The first-order valence-electron chi connectivity index (χ1n) is 10.7. The van der Waals surface area contributed by atoms with Crippen LogP contribution in [0.25, 0.3) is 10.4 Å². The number of nitrogens with one attached hydrogen (secondary N) is 2. The summed E-state index contributed by atoms with van der Waals surface area (Å²) in [6.45, 7) is 7.63. The van der Waals surface area contributed by atoms with Crippen LogP contribution in [-0.4, -0.2) is 37.7 Å². The normalized spacial score (nSPS) is 19.5. The maximum Gasteiger partial charge on any atom is 0.407 e. The van der Waals surface area contributed by atoms with Gasteiger partial charge in [-0.1, -0.05) is 28.9 Å². The molecule has 176 valence electrons. The van der Waals surface area contributed by atoms with E-state index in [4.69, 9.17) is 4.74 Å². The molecule has 1 aliphatic rings. The van der Waals surface area contributed by atoms with E-state index in [2.05, 4.69) is 31.0 Å². The standard InChI is InChI=1S/C22H30BrN3O4S2/c1-5-25-32(28,29)19-12-15(23)8-11-17(19)18-13-24-20(31-18)14-6-9-16(10-7-14)26-21(27)30-22(2,3)4/h8,11-14,16,25H,5-7,9-10H2,1-4H3,(H,26,27)/t14-,16-. The summed E-state index contributed by atoms with van der Waals surface area (Å²) in [6, 6.07) is 5.38. The first-order chi connectivity index (χ1) is 15.0. The highest BCUT2D eigenvalue weighted by Crippen LogP contribution is 2.39. The molecule has 0 aliphatic heterocycles. The number of sulfonamides is 1. The lowest BCUT2D eigenvalue weighted by Gasteiger charge is -2.29. The molecule has 10 heteroatoms. The first kappa shape index (κ1) is 25.1. The van der Waals surface area contributed by atoms with Crippen LogP contribution in [0.4, 0.5) is 4.79 Å². The van der Waals surface area contributed by atoms with Crippen molar-refractivity contribution in [3.63, 3.8) is 0 Å². The Morgan fingerprint density at radius 1 is 1.25 bits per heavy atom. The van der Waals surface area contributed by atoms with Gasteiger partial charge in [0, 0.05) is 34.7 Å². The third-order valence-corrected chi connectivity index (χ3v) is 8.43. The second kappa shape index (κ2) is 10.2. The second-order valence-electron chi connectivity index (χ2n) is 8.90. The SMILES string of the molecule is CCNS(=O)(=O)c1cc(Br)ccc1-c1cnc([C@H]2CC[C@H](NC(=O)OC(C)(C)C)CC2)s1. The van der Waals surface area contributed by atoms with Gasteiger partial charge in [-0.2, -0.15) is 0 Å². The summed E-state index contributed by atoms with van der Waals surface area (Å²) in [6.07, 6.45) is 4.93. The van der Waals surface area contributed by atoms with Crippen LogP contribution in [0.2, 0.25) is 0 Å². The Balaban J connectivity index is 1.70. The number of hydrogen-bond donors (Lipinski definition) is 2. The Kier molecular flexibility index (Phi) is 8.01. The minimum absolute atomic E-state index is 0.101. The van der Waals surface area contributed by atoms with Crippen molar-refractivity contribution in [2.45, 2.75) is 75.8 Å². The van der Waals surface area contributed by atoms with Gasteiger partial charge in [-0.3, -0.25) is 0 Å². The molecule has 2 aromatic rings. The first-order valence-corrected chi connectivity index (χ1v) is 13.8. The van der Waals surface area contributed by atoms with Gasteiger partial charge < -0.3 is 10.1 Å². The molecule has 3 rings (SSSR count). The number of nitrogens with zero attached hydrogens (tertiary/aromatic N) is 1. The van der Waals surface area contributed by atoms with Gasteiger partial charge in [0.05, 0.1) is 14.8 Å². The number of hydrogen-bond acceptors (Lipinski definition) is 6. The molecule has 1 saturated carbocycles. The Morgan fingerprint density at radius 2 is 1.94 bits per heavy atom. The number of halogens is 1. The van der Waals surface area contributed by atoms with Gasteiger partial charge in [-0.25, -0.2) is 22.9 Å². The summed E-state index contributed by atoms with van der Waals surface area (Å²) in [5, 5.41) is 3.97. The highest BCUT2D eigenvalue weighted by molar-refractivity contribution is 9.10. The summed E-state index contributed by atoms with van der Waals surface area (Å²) in [4.78, 5) is 17.7. The molecular formula is C22H30BrN3O4S2. The van der Waals surface area contributed by atoms with E-state index < -0.39 is 15.6 Å². The molecule has 0 spiro atoms. The van der Waals surface area contributed by atoms with Gasteiger partial charge in [0.2, 0.25) is 10.0 Å². The fraction of sp³-hybridized carbons (Fsp3) is 0.545. The molecule has 7 nitrogen and oxygen atoms in total. The molecule has 32 heavy (non-hydrogen) atoms. The van der Waals surface area contributed by atoms with Crippen molar-refractivity contribution in [1.29, 1.82) is 0 Å². The number of carbonyl (C=O) groups is 1. The van der Waals surface area contributed by atoms with Gasteiger partial charge in [0.15, 0.2) is 0 Å². The van der Waals surface area contributed by atoms with E-state index in [0.717, 1.165) is 35.6 Å². The second-order valence-corrected chi connectivity index (χ2v) is 12.6. The minimum atomic E-state index is -3.61. The molecule has 0 bridgehead atoms. The van der Waals surface area contributed by atoms with E-state index in [1.807, 2.05) is 32.9 Å². The summed E-state index contributed by atoms with van der Waals surface area (Å²) in [7, 11) is -3.61. The molecule has 0 atom stereocenters. The van der Waals surface area contributed by atoms with Crippen molar-refractivity contribution in [1.82, 2.24) is 15.0 Å². The summed E-state index contributed by atoms with van der Waals surface area (Å²) >= 11 is 4.91. The average Bonchev–Trinajstić information content (AvgIpc) is 3.17. The van der Waals surface area contributed by atoms with E-state index in [9.17, 15) is 13.2 Å². The van der Waals surface area contributed by atoms with Gasteiger partial charge in [-0.05, 0) is 58.6 Å². The van der Waals surface area contributed by atoms with E-state index >= 15 is 0 Å². The summed E-state index contributed by atoms with van der Waals surface area (Å²) < 4.78 is 34.0. The Bertz CT molecular complexity index is 1060. The molecule has 1 aromatic carbocycles. The van der Waals surface area contributed by atoms with Crippen molar-refractivity contribution in [2.75, 3.05) is 6.54 Å². The average molecular weight is 545 g/mol. The highest BCUT2D eigenvalue weighted by atomic mass is 79.9. The molecule has 1 amide bonds. The number of amides is 1. The van der Waals surface area contributed by atoms with Gasteiger partial charge in [0.1, 0.15) is 5.60 Å². The molecular weight excluding hydrogens is 514 g/mol. The molecule has 1 aliphatic carbocycles. The molecule has 0 unspecified atom stereocenters. The fourth-order valence-electron chi connectivity index (χ4n) is 3.75. The Labute approximate surface area is 202 Å². The van der Waals surface area contributed by atoms with E-state index in [1.54, 1.807) is 19.2 Å². The molecule has 1 aromatic heterocycles. The van der Waals surface area contributed by atoms with Crippen molar-refractivity contribution in [3.05, 3.63) is 33.9 Å². The number of alkyl carbamates (subject to hydrolysis) is 1. The predicted octanol–water partition coefficient (Wildman–Crippen LogP) is 5.42. The Hall–Kier alpha value is -1.49. The quantitative estimate of drug-likeness (QED) is 0.506. The zero-order valence-electron chi connectivity index (χ0n) is 18.8. The van der Waals surface area contributed by atoms with Crippen LogP contribution in [0.3, 0.4) is 0 Å². The predicted molar refractivity (Wildman–Crippen MR) is 130 cm³/mol. The lowest BCUT2D eigenvalue weighted by atomic mass is 9.86. The van der Waals surface area contributed by atoms with E-state index in [0.29, 0.717) is 22.5 Å².